The van der Waals surface area contributed by atoms with Crippen molar-refractivity contribution in [1.29, 1.82) is 0 Å². The Balaban J connectivity index is 2.65. The highest BCUT2D eigenvalue weighted by Crippen LogP contribution is 2.14. The predicted octanol–water partition coefficient (Wildman–Crippen LogP) is 1.53. The summed E-state index contributed by atoms with van der Waals surface area (Å²) in [6, 6.07) is 2.87. The third-order valence-corrected chi connectivity index (χ3v) is 2.33. The SMILES string of the molecule is CCNC(=O)c1c(C)nc2c(F)cccn12. The van der Waals surface area contributed by atoms with Gasteiger partial charge >= 0.3 is 0 Å². The smallest absolute Gasteiger partial charge is 0.270 e. The molecule has 16 heavy (non-hydrogen) atoms. The maximum Gasteiger partial charge on any atom is 0.270 e. The molecule has 2 aromatic heterocycles. The van der Waals surface area contributed by atoms with Gasteiger partial charge in [-0.1, -0.05) is 0 Å². The van der Waals surface area contributed by atoms with Gasteiger partial charge in [-0.25, -0.2) is 9.37 Å². The van der Waals surface area contributed by atoms with E-state index >= 15 is 0 Å². The molecule has 2 rings (SSSR count). The van der Waals surface area contributed by atoms with Crippen LogP contribution in [0.3, 0.4) is 0 Å². The van der Waals surface area contributed by atoms with Gasteiger partial charge in [-0.3, -0.25) is 9.20 Å². The lowest BCUT2D eigenvalue weighted by Gasteiger charge is -2.02. The topological polar surface area (TPSA) is 46.4 Å². The van der Waals surface area contributed by atoms with Gasteiger partial charge in [0.2, 0.25) is 0 Å². The number of halogens is 1. The van der Waals surface area contributed by atoms with E-state index in [1.807, 2.05) is 6.92 Å². The van der Waals surface area contributed by atoms with Crippen molar-refractivity contribution in [2.75, 3.05) is 6.54 Å². The largest absolute Gasteiger partial charge is 0.351 e. The molecule has 0 atom stereocenters. The average molecular weight is 221 g/mol. The fourth-order valence-electron chi connectivity index (χ4n) is 1.67. The number of amides is 1. The van der Waals surface area contributed by atoms with Gasteiger partial charge in [-0.2, -0.15) is 0 Å². The molecule has 0 saturated carbocycles. The molecule has 0 spiro atoms. The van der Waals surface area contributed by atoms with Gasteiger partial charge in [0, 0.05) is 12.7 Å². The quantitative estimate of drug-likeness (QED) is 0.836. The Morgan fingerprint density at radius 1 is 1.62 bits per heavy atom. The molecule has 0 saturated heterocycles. The minimum atomic E-state index is -0.429. The van der Waals surface area contributed by atoms with Crippen LogP contribution < -0.4 is 5.32 Å². The van der Waals surface area contributed by atoms with E-state index in [0.29, 0.717) is 17.9 Å². The zero-order valence-electron chi connectivity index (χ0n) is 9.12. The van der Waals surface area contributed by atoms with Crippen LogP contribution in [0.2, 0.25) is 0 Å². The zero-order chi connectivity index (χ0) is 11.7. The molecule has 0 fully saturated rings. The van der Waals surface area contributed by atoms with E-state index in [0.717, 1.165) is 0 Å². The van der Waals surface area contributed by atoms with Crippen molar-refractivity contribution >= 4 is 11.6 Å². The van der Waals surface area contributed by atoms with E-state index in [1.54, 1.807) is 19.2 Å². The molecule has 0 aromatic carbocycles. The number of rotatable bonds is 2. The van der Waals surface area contributed by atoms with Crippen molar-refractivity contribution in [3.63, 3.8) is 0 Å². The van der Waals surface area contributed by atoms with Crippen molar-refractivity contribution in [1.82, 2.24) is 14.7 Å². The highest BCUT2D eigenvalue weighted by Gasteiger charge is 2.17. The molecule has 84 valence electrons. The molecule has 0 unspecified atom stereocenters. The van der Waals surface area contributed by atoms with E-state index in [1.165, 1.54) is 10.5 Å². The van der Waals surface area contributed by atoms with Crippen molar-refractivity contribution in [3.05, 3.63) is 35.5 Å². The summed E-state index contributed by atoms with van der Waals surface area (Å²) in [5.74, 6) is -0.667. The molecule has 4 nitrogen and oxygen atoms in total. The summed E-state index contributed by atoms with van der Waals surface area (Å²) in [7, 11) is 0. The van der Waals surface area contributed by atoms with E-state index in [2.05, 4.69) is 10.3 Å². The summed E-state index contributed by atoms with van der Waals surface area (Å²) in [4.78, 5) is 15.8. The van der Waals surface area contributed by atoms with Gasteiger partial charge < -0.3 is 5.32 Å². The lowest BCUT2D eigenvalue weighted by Crippen LogP contribution is -2.24. The third-order valence-electron chi connectivity index (χ3n) is 2.33. The predicted molar refractivity (Wildman–Crippen MR) is 57.9 cm³/mol. The van der Waals surface area contributed by atoms with Crippen LogP contribution in [0, 0.1) is 12.7 Å². The molecular formula is C11H12FN3O. The van der Waals surface area contributed by atoms with Crippen LogP contribution in [0.15, 0.2) is 18.3 Å². The van der Waals surface area contributed by atoms with Crippen LogP contribution in [0.5, 0.6) is 0 Å². The average Bonchev–Trinajstić information content (AvgIpc) is 2.56. The summed E-state index contributed by atoms with van der Waals surface area (Å²) in [6.45, 7) is 4.05. The summed E-state index contributed by atoms with van der Waals surface area (Å²) < 4.78 is 14.9. The molecule has 2 heterocycles. The van der Waals surface area contributed by atoms with Gasteiger partial charge in [-0.05, 0) is 26.0 Å². The third kappa shape index (κ3) is 1.54. The second kappa shape index (κ2) is 3.92. The molecule has 0 bridgehead atoms. The lowest BCUT2D eigenvalue weighted by molar-refractivity contribution is 0.0949. The number of pyridine rings is 1. The molecule has 0 aliphatic carbocycles. The maximum atomic E-state index is 13.4. The first kappa shape index (κ1) is 10.6. The second-order valence-corrected chi connectivity index (χ2v) is 3.46. The van der Waals surface area contributed by atoms with Crippen LogP contribution in [0.4, 0.5) is 4.39 Å². The fraction of sp³-hybridized carbons (Fsp3) is 0.273. The van der Waals surface area contributed by atoms with Crippen molar-refractivity contribution in [2.45, 2.75) is 13.8 Å². The Morgan fingerprint density at radius 2 is 2.38 bits per heavy atom. The highest BCUT2D eigenvalue weighted by atomic mass is 19.1. The number of hydrogen-bond acceptors (Lipinski definition) is 2. The minimum absolute atomic E-state index is 0.182. The summed E-state index contributed by atoms with van der Waals surface area (Å²) in [5, 5.41) is 2.68. The van der Waals surface area contributed by atoms with Crippen LogP contribution in [0.1, 0.15) is 23.1 Å². The number of nitrogens with one attached hydrogen (secondary N) is 1. The number of imidazole rings is 1. The Morgan fingerprint density at radius 3 is 3.06 bits per heavy atom. The Kier molecular flexibility index (Phi) is 2.60. The van der Waals surface area contributed by atoms with E-state index in [4.69, 9.17) is 0 Å². The molecule has 1 N–H and O–H groups in total. The number of aryl methyl sites for hydroxylation is 1. The van der Waals surface area contributed by atoms with Gasteiger partial charge in [0.15, 0.2) is 11.5 Å². The van der Waals surface area contributed by atoms with Gasteiger partial charge in [0.1, 0.15) is 5.69 Å². The number of carbonyl (C=O) groups excluding carboxylic acids is 1. The van der Waals surface area contributed by atoms with Gasteiger partial charge in [0.25, 0.3) is 5.91 Å². The Hall–Kier alpha value is -1.91. The fourth-order valence-corrected chi connectivity index (χ4v) is 1.67. The Labute approximate surface area is 92.1 Å². The second-order valence-electron chi connectivity index (χ2n) is 3.46. The molecule has 2 aromatic rings. The first-order chi connectivity index (χ1) is 7.65. The maximum absolute atomic E-state index is 13.4. The summed E-state index contributed by atoms with van der Waals surface area (Å²) in [6.07, 6.45) is 1.63. The van der Waals surface area contributed by atoms with Gasteiger partial charge in [-0.15, -0.1) is 0 Å². The van der Waals surface area contributed by atoms with Crippen molar-refractivity contribution < 1.29 is 9.18 Å². The summed E-state index contributed by atoms with van der Waals surface area (Å²) in [5.41, 5.74) is 1.09. The number of aromatic nitrogens is 2. The van der Waals surface area contributed by atoms with Gasteiger partial charge in [0.05, 0.1) is 5.69 Å². The molecule has 5 heteroatoms. The normalized spacial score (nSPS) is 10.7. The van der Waals surface area contributed by atoms with Crippen LogP contribution in [-0.4, -0.2) is 21.8 Å². The standard InChI is InChI=1S/C11H12FN3O/c1-3-13-11(16)9-7(2)14-10-8(12)5-4-6-15(9)10/h4-6H,3H2,1-2H3,(H,13,16). The lowest BCUT2D eigenvalue weighted by atomic mass is 10.3. The minimum Gasteiger partial charge on any atom is -0.351 e. The number of hydrogen-bond donors (Lipinski definition) is 1. The van der Waals surface area contributed by atoms with E-state index in [-0.39, 0.29) is 11.6 Å². The number of fused-ring (bicyclic) bond motifs is 1. The molecular weight excluding hydrogens is 209 g/mol. The molecule has 0 aliphatic heterocycles. The van der Waals surface area contributed by atoms with E-state index in [9.17, 15) is 9.18 Å². The highest BCUT2D eigenvalue weighted by molar-refractivity contribution is 5.94. The first-order valence-electron chi connectivity index (χ1n) is 5.06. The Bertz CT molecular complexity index is 547. The number of nitrogens with zero attached hydrogens (tertiary/aromatic N) is 2. The van der Waals surface area contributed by atoms with Crippen LogP contribution in [0.25, 0.3) is 5.65 Å². The zero-order valence-corrected chi connectivity index (χ0v) is 9.12. The van der Waals surface area contributed by atoms with E-state index < -0.39 is 5.82 Å². The molecule has 0 aliphatic rings. The van der Waals surface area contributed by atoms with Crippen LogP contribution in [-0.2, 0) is 0 Å². The summed E-state index contributed by atoms with van der Waals surface area (Å²) >= 11 is 0. The molecule has 1 amide bonds. The first-order valence-corrected chi connectivity index (χ1v) is 5.06. The number of carbonyl (C=O) groups is 1. The molecule has 0 radical (unpaired) electrons. The van der Waals surface area contributed by atoms with Crippen molar-refractivity contribution in [3.8, 4) is 0 Å². The van der Waals surface area contributed by atoms with Crippen molar-refractivity contribution in [2.24, 2.45) is 0 Å². The van der Waals surface area contributed by atoms with Crippen LogP contribution >= 0.6 is 0 Å². The monoisotopic (exact) mass is 221 g/mol.